The first-order chi connectivity index (χ1) is 4.83. The van der Waals surface area contributed by atoms with E-state index in [1.54, 1.807) is 0 Å². The van der Waals surface area contributed by atoms with Gasteiger partial charge >= 0.3 is 0 Å². The maximum absolute atomic E-state index is 12.2. The summed E-state index contributed by atoms with van der Waals surface area (Å²) in [5.41, 5.74) is 0.294. The fourth-order valence-electron chi connectivity index (χ4n) is 0.555. The lowest BCUT2D eigenvalue weighted by atomic mass is 10.4. The second kappa shape index (κ2) is 2.91. The molecule has 0 fully saturated rings. The molecule has 0 saturated carbocycles. The van der Waals surface area contributed by atoms with Crippen LogP contribution in [-0.2, 0) is 0 Å². The molecule has 1 heterocycles. The van der Waals surface area contributed by atoms with Gasteiger partial charge < -0.3 is 5.21 Å². The van der Waals surface area contributed by atoms with Gasteiger partial charge in [0.25, 0.3) is 0 Å². The molecule has 0 unspecified atom stereocenters. The highest BCUT2D eigenvalue weighted by molar-refractivity contribution is 5.75. The molecular formula is C6H5FN2O. The normalized spacial score (nSPS) is 10.5. The first kappa shape index (κ1) is 6.67. The Morgan fingerprint density at radius 2 is 2.40 bits per heavy atom. The molecule has 4 heteroatoms. The molecule has 0 bridgehead atoms. The maximum atomic E-state index is 12.2. The molecule has 0 atom stereocenters. The van der Waals surface area contributed by atoms with Gasteiger partial charge in [0.2, 0.25) is 5.95 Å². The van der Waals surface area contributed by atoms with E-state index in [9.17, 15) is 4.39 Å². The van der Waals surface area contributed by atoms with Crippen molar-refractivity contribution in [2.45, 2.75) is 0 Å². The number of hydrogen-bond acceptors (Lipinski definition) is 3. The van der Waals surface area contributed by atoms with Crippen LogP contribution in [0, 0.1) is 5.95 Å². The second-order valence-corrected chi connectivity index (χ2v) is 1.63. The zero-order valence-corrected chi connectivity index (χ0v) is 5.03. The molecule has 1 aromatic rings. The van der Waals surface area contributed by atoms with Crippen LogP contribution in [0.4, 0.5) is 4.39 Å². The highest BCUT2D eigenvalue weighted by Gasteiger charge is 1.90. The minimum Gasteiger partial charge on any atom is -0.411 e. The number of pyridine rings is 1. The number of hydrogen-bond donors (Lipinski definition) is 1. The number of nitrogens with zero attached hydrogens (tertiary/aromatic N) is 2. The van der Waals surface area contributed by atoms with Crippen LogP contribution in [0.1, 0.15) is 5.69 Å². The summed E-state index contributed by atoms with van der Waals surface area (Å²) < 4.78 is 12.2. The van der Waals surface area contributed by atoms with Crippen LogP contribution in [-0.4, -0.2) is 16.4 Å². The summed E-state index contributed by atoms with van der Waals surface area (Å²) in [7, 11) is 0. The Morgan fingerprint density at radius 3 is 3.00 bits per heavy atom. The van der Waals surface area contributed by atoms with E-state index in [0.717, 1.165) is 6.21 Å². The minimum absolute atomic E-state index is 0.294. The maximum Gasteiger partial charge on any atom is 0.213 e. The topological polar surface area (TPSA) is 45.5 Å². The Labute approximate surface area is 56.8 Å². The molecule has 0 aliphatic carbocycles. The van der Waals surface area contributed by atoms with Crippen molar-refractivity contribution in [1.82, 2.24) is 4.98 Å². The quantitative estimate of drug-likeness (QED) is 0.274. The van der Waals surface area contributed by atoms with Crippen molar-refractivity contribution in [3.05, 3.63) is 29.8 Å². The molecule has 3 nitrogen and oxygen atoms in total. The second-order valence-electron chi connectivity index (χ2n) is 1.63. The molecule has 0 radical (unpaired) electrons. The van der Waals surface area contributed by atoms with Crippen LogP contribution in [0.15, 0.2) is 23.4 Å². The molecule has 1 aromatic heterocycles. The standard InChI is InChI=1S/C6H5FN2O/c7-6-3-1-2-5(9-6)4-8-10/h1-4,10H. The van der Waals surface area contributed by atoms with Crippen LogP contribution in [0.25, 0.3) is 0 Å². The lowest BCUT2D eigenvalue weighted by Gasteiger charge is -1.88. The van der Waals surface area contributed by atoms with Crippen LogP contribution in [0.5, 0.6) is 0 Å². The van der Waals surface area contributed by atoms with Crippen molar-refractivity contribution in [3.63, 3.8) is 0 Å². The lowest BCUT2D eigenvalue weighted by Crippen LogP contribution is -1.89. The number of halogens is 1. The Hall–Kier alpha value is -1.45. The molecule has 10 heavy (non-hydrogen) atoms. The number of oxime groups is 1. The van der Waals surface area contributed by atoms with Crippen molar-refractivity contribution in [3.8, 4) is 0 Å². The predicted octanol–water partition coefficient (Wildman–Crippen LogP) is 1.03. The molecule has 1 rings (SSSR count). The van der Waals surface area contributed by atoms with E-state index in [-0.39, 0.29) is 0 Å². The summed E-state index contributed by atoms with van der Waals surface area (Å²) in [6, 6.07) is 4.23. The van der Waals surface area contributed by atoms with Crippen LogP contribution < -0.4 is 0 Å². The van der Waals surface area contributed by atoms with Gasteiger partial charge in [-0.2, -0.15) is 4.39 Å². The summed E-state index contributed by atoms with van der Waals surface area (Å²) in [6.07, 6.45) is 1.06. The monoisotopic (exact) mass is 140 g/mol. The molecular weight excluding hydrogens is 135 g/mol. The molecule has 0 spiro atoms. The lowest BCUT2D eigenvalue weighted by molar-refractivity contribution is 0.321. The summed E-state index contributed by atoms with van der Waals surface area (Å²) in [6.45, 7) is 0. The van der Waals surface area contributed by atoms with Crippen molar-refractivity contribution < 1.29 is 9.60 Å². The van der Waals surface area contributed by atoms with E-state index < -0.39 is 5.95 Å². The summed E-state index contributed by atoms with van der Waals surface area (Å²) in [5, 5.41) is 10.7. The zero-order chi connectivity index (χ0) is 7.40. The zero-order valence-electron chi connectivity index (χ0n) is 5.03. The van der Waals surface area contributed by atoms with Gasteiger partial charge in [-0.1, -0.05) is 11.2 Å². The average Bonchev–Trinajstić information content (AvgIpc) is 1.88. The fraction of sp³-hybridized carbons (Fsp3) is 0. The third-order valence-electron chi connectivity index (χ3n) is 0.927. The first-order valence-corrected chi connectivity index (χ1v) is 2.63. The highest BCUT2D eigenvalue weighted by atomic mass is 19.1. The van der Waals surface area contributed by atoms with Gasteiger partial charge in [0, 0.05) is 0 Å². The fourth-order valence-corrected chi connectivity index (χ4v) is 0.555. The van der Waals surface area contributed by atoms with Crippen LogP contribution in [0.3, 0.4) is 0 Å². The smallest absolute Gasteiger partial charge is 0.213 e. The van der Waals surface area contributed by atoms with E-state index in [4.69, 9.17) is 5.21 Å². The molecule has 0 aromatic carbocycles. The summed E-state index contributed by atoms with van der Waals surface area (Å²) in [5.74, 6) is -0.586. The summed E-state index contributed by atoms with van der Waals surface area (Å²) >= 11 is 0. The van der Waals surface area contributed by atoms with Crippen molar-refractivity contribution >= 4 is 6.21 Å². The van der Waals surface area contributed by atoms with E-state index in [1.807, 2.05) is 0 Å². The van der Waals surface area contributed by atoms with Gasteiger partial charge in [0.15, 0.2) is 0 Å². The Balaban J connectivity index is 2.95. The largest absolute Gasteiger partial charge is 0.411 e. The minimum atomic E-state index is -0.586. The van der Waals surface area contributed by atoms with E-state index >= 15 is 0 Å². The molecule has 1 N–H and O–H groups in total. The van der Waals surface area contributed by atoms with Gasteiger partial charge in [-0.05, 0) is 12.1 Å². The van der Waals surface area contributed by atoms with E-state index in [0.29, 0.717) is 5.69 Å². The van der Waals surface area contributed by atoms with Gasteiger partial charge in [-0.15, -0.1) is 0 Å². The molecule has 0 aliphatic rings. The van der Waals surface area contributed by atoms with Crippen LogP contribution >= 0.6 is 0 Å². The molecule has 0 aliphatic heterocycles. The van der Waals surface area contributed by atoms with Gasteiger partial charge in [0.1, 0.15) is 0 Å². The van der Waals surface area contributed by atoms with Gasteiger partial charge in [0.05, 0.1) is 11.9 Å². The summed E-state index contributed by atoms with van der Waals surface area (Å²) in [4.78, 5) is 3.39. The molecule has 52 valence electrons. The SMILES string of the molecule is ON=Cc1cccc(F)n1. The Bertz CT molecular complexity index is 249. The number of aromatic nitrogens is 1. The molecule has 0 amide bonds. The Morgan fingerprint density at radius 1 is 1.60 bits per heavy atom. The van der Waals surface area contributed by atoms with Crippen molar-refractivity contribution in [2.24, 2.45) is 5.16 Å². The Kier molecular flexibility index (Phi) is 1.94. The van der Waals surface area contributed by atoms with E-state index in [1.165, 1.54) is 18.2 Å². The molecule has 0 saturated heterocycles. The third-order valence-corrected chi connectivity index (χ3v) is 0.927. The predicted molar refractivity (Wildman–Crippen MR) is 33.6 cm³/mol. The van der Waals surface area contributed by atoms with Crippen molar-refractivity contribution in [2.75, 3.05) is 0 Å². The third kappa shape index (κ3) is 1.51. The first-order valence-electron chi connectivity index (χ1n) is 2.63. The van der Waals surface area contributed by atoms with Crippen molar-refractivity contribution in [1.29, 1.82) is 0 Å². The van der Waals surface area contributed by atoms with Gasteiger partial charge in [-0.3, -0.25) is 0 Å². The van der Waals surface area contributed by atoms with Crippen LogP contribution in [0.2, 0.25) is 0 Å². The highest BCUT2D eigenvalue weighted by Crippen LogP contribution is 1.93. The number of rotatable bonds is 1. The van der Waals surface area contributed by atoms with Gasteiger partial charge in [-0.25, -0.2) is 4.98 Å². The van der Waals surface area contributed by atoms with E-state index in [2.05, 4.69) is 10.1 Å². The average molecular weight is 140 g/mol.